The number of hydrogen-bond acceptors (Lipinski definition) is 3. The monoisotopic (exact) mass is 315 g/mol. The molecule has 0 fully saturated rings. The molecule has 5 nitrogen and oxygen atoms in total. The van der Waals surface area contributed by atoms with E-state index in [4.69, 9.17) is 22.5 Å². The van der Waals surface area contributed by atoms with Crippen molar-refractivity contribution in [1.29, 1.82) is 0 Å². The van der Waals surface area contributed by atoms with Gasteiger partial charge in [-0.25, -0.2) is 4.39 Å². The van der Waals surface area contributed by atoms with Crippen LogP contribution in [0.1, 0.15) is 30.6 Å². The van der Waals surface area contributed by atoms with Crippen LogP contribution < -0.4 is 5.73 Å². The van der Waals surface area contributed by atoms with Crippen molar-refractivity contribution in [2.45, 2.75) is 20.3 Å². The minimum Gasteiger partial charge on any atom is -0.409 e. The van der Waals surface area contributed by atoms with Crippen molar-refractivity contribution in [3.63, 3.8) is 0 Å². The highest BCUT2D eigenvalue weighted by Gasteiger charge is 2.20. The van der Waals surface area contributed by atoms with Gasteiger partial charge in [0.25, 0.3) is 5.91 Å². The van der Waals surface area contributed by atoms with Crippen LogP contribution >= 0.6 is 11.6 Å². The van der Waals surface area contributed by atoms with E-state index >= 15 is 0 Å². The van der Waals surface area contributed by atoms with Gasteiger partial charge >= 0.3 is 0 Å². The van der Waals surface area contributed by atoms with Crippen molar-refractivity contribution < 1.29 is 14.4 Å². The summed E-state index contributed by atoms with van der Waals surface area (Å²) in [5.41, 5.74) is 5.33. The maximum atomic E-state index is 13.8. The van der Waals surface area contributed by atoms with Gasteiger partial charge in [-0.2, -0.15) is 0 Å². The molecule has 21 heavy (non-hydrogen) atoms. The van der Waals surface area contributed by atoms with Crippen LogP contribution in [0.3, 0.4) is 0 Å². The third kappa shape index (κ3) is 5.23. The van der Waals surface area contributed by atoms with E-state index in [-0.39, 0.29) is 30.3 Å². The van der Waals surface area contributed by atoms with Crippen LogP contribution in [0.4, 0.5) is 4.39 Å². The third-order valence-corrected chi connectivity index (χ3v) is 3.03. The van der Waals surface area contributed by atoms with Gasteiger partial charge in [0.05, 0.1) is 5.56 Å². The lowest BCUT2D eigenvalue weighted by Gasteiger charge is -2.24. The molecule has 1 aromatic carbocycles. The summed E-state index contributed by atoms with van der Waals surface area (Å²) in [6.45, 7) is 4.55. The summed E-state index contributed by atoms with van der Waals surface area (Å²) in [4.78, 5) is 13.9. The number of oxime groups is 1. The predicted molar refractivity (Wildman–Crippen MR) is 80.2 cm³/mol. The van der Waals surface area contributed by atoms with E-state index in [2.05, 4.69) is 5.16 Å². The fraction of sp³-hybridized carbons (Fsp3) is 0.429. The molecule has 0 saturated carbocycles. The molecular formula is C14H19ClFN3O2. The first-order valence-electron chi connectivity index (χ1n) is 6.55. The molecular weight excluding hydrogens is 297 g/mol. The number of hydrogen-bond donors (Lipinski definition) is 2. The van der Waals surface area contributed by atoms with Crippen LogP contribution in [0.5, 0.6) is 0 Å². The quantitative estimate of drug-likeness (QED) is 0.366. The van der Waals surface area contributed by atoms with Crippen molar-refractivity contribution in [3.05, 3.63) is 34.6 Å². The smallest absolute Gasteiger partial charge is 0.256 e. The number of halogens is 2. The van der Waals surface area contributed by atoms with Gasteiger partial charge in [0, 0.05) is 24.5 Å². The molecule has 0 unspecified atom stereocenters. The first-order valence-corrected chi connectivity index (χ1v) is 6.93. The number of amidine groups is 1. The molecule has 1 aromatic rings. The topological polar surface area (TPSA) is 78.9 Å². The molecule has 3 N–H and O–H groups in total. The average molecular weight is 316 g/mol. The maximum absolute atomic E-state index is 13.8. The number of benzene rings is 1. The summed E-state index contributed by atoms with van der Waals surface area (Å²) in [6, 6.07) is 3.85. The van der Waals surface area contributed by atoms with Crippen molar-refractivity contribution >= 4 is 23.3 Å². The third-order valence-electron chi connectivity index (χ3n) is 2.80. The van der Waals surface area contributed by atoms with E-state index < -0.39 is 11.7 Å². The first kappa shape index (κ1) is 17.2. The zero-order valence-corrected chi connectivity index (χ0v) is 12.8. The van der Waals surface area contributed by atoms with Crippen LogP contribution in [0, 0.1) is 11.7 Å². The molecule has 0 aromatic heterocycles. The molecule has 1 amide bonds. The van der Waals surface area contributed by atoms with Gasteiger partial charge in [0.15, 0.2) is 0 Å². The van der Waals surface area contributed by atoms with Crippen molar-refractivity contribution in [2.75, 3.05) is 13.1 Å². The Morgan fingerprint density at radius 1 is 1.52 bits per heavy atom. The predicted octanol–water partition coefficient (Wildman–Crippen LogP) is 2.71. The lowest BCUT2D eigenvalue weighted by atomic mass is 10.1. The van der Waals surface area contributed by atoms with Crippen molar-refractivity contribution in [2.24, 2.45) is 16.8 Å². The Balaban J connectivity index is 2.96. The summed E-state index contributed by atoms with van der Waals surface area (Å²) in [7, 11) is 0. The van der Waals surface area contributed by atoms with Gasteiger partial charge in [-0.15, -0.1) is 0 Å². The highest BCUT2D eigenvalue weighted by molar-refractivity contribution is 6.31. The lowest BCUT2D eigenvalue weighted by Crippen LogP contribution is -2.37. The Morgan fingerprint density at radius 2 is 2.19 bits per heavy atom. The molecule has 0 bridgehead atoms. The Kier molecular flexibility index (Phi) is 6.42. The molecule has 0 saturated heterocycles. The number of carbonyl (C=O) groups excluding carboxylic acids is 1. The van der Waals surface area contributed by atoms with Gasteiger partial charge < -0.3 is 15.8 Å². The summed E-state index contributed by atoms with van der Waals surface area (Å²) < 4.78 is 13.8. The van der Waals surface area contributed by atoms with Gasteiger partial charge in [-0.05, 0) is 24.1 Å². The van der Waals surface area contributed by atoms with E-state index in [0.29, 0.717) is 11.6 Å². The molecule has 1 rings (SSSR count). The van der Waals surface area contributed by atoms with E-state index in [0.717, 1.165) is 6.07 Å². The van der Waals surface area contributed by atoms with Gasteiger partial charge in [-0.1, -0.05) is 30.6 Å². The summed E-state index contributed by atoms with van der Waals surface area (Å²) in [5.74, 6) is -0.872. The normalized spacial score (nSPS) is 11.8. The first-order chi connectivity index (χ1) is 9.85. The second-order valence-electron chi connectivity index (χ2n) is 5.11. The number of carbonyl (C=O) groups is 1. The van der Waals surface area contributed by atoms with E-state index in [1.54, 1.807) is 0 Å². The fourth-order valence-electron chi connectivity index (χ4n) is 1.85. The molecule has 0 aliphatic rings. The largest absolute Gasteiger partial charge is 0.409 e. The molecule has 7 heteroatoms. The minimum atomic E-state index is -0.623. The average Bonchev–Trinajstić information content (AvgIpc) is 2.44. The van der Waals surface area contributed by atoms with Gasteiger partial charge in [0.2, 0.25) is 0 Å². The Morgan fingerprint density at radius 3 is 2.76 bits per heavy atom. The molecule has 0 aliphatic heterocycles. The number of nitrogens with two attached hydrogens (primary N) is 1. The second kappa shape index (κ2) is 7.83. The van der Waals surface area contributed by atoms with Crippen molar-refractivity contribution in [1.82, 2.24) is 4.90 Å². The number of amides is 1. The highest BCUT2D eigenvalue weighted by atomic mass is 35.5. The van der Waals surface area contributed by atoms with Crippen molar-refractivity contribution in [3.8, 4) is 0 Å². The molecule has 0 heterocycles. The minimum absolute atomic E-state index is 0.0168. The standard InChI is InChI=1S/C14H19ClFN3O2/c1-9(2)8-19(6-5-13(17)18-21)14(20)11-7-10(15)3-4-12(11)16/h3-4,7,9,21H,5-6,8H2,1-2H3,(H2,17,18). The van der Waals surface area contributed by atoms with Crippen LogP contribution in [0.25, 0.3) is 0 Å². The van der Waals surface area contributed by atoms with Gasteiger partial charge in [-0.3, -0.25) is 4.79 Å². The highest BCUT2D eigenvalue weighted by Crippen LogP contribution is 2.17. The van der Waals surface area contributed by atoms with Crippen LogP contribution in [0.2, 0.25) is 5.02 Å². The summed E-state index contributed by atoms with van der Waals surface area (Å²) in [6.07, 6.45) is 0.206. The van der Waals surface area contributed by atoms with E-state index in [1.165, 1.54) is 17.0 Å². The summed E-state index contributed by atoms with van der Waals surface area (Å²) >= 11 is 5.81. The number of nitrogens with zero attached hydrogens (tertiary/aromatic N) is 2. The SMILES string of the molecule is CC(C)CN(CCC(N)=NO)C(=O)c1cc(Cl)ccc1F. The van der Waals surface area contributed by atoms with Crippen LogP contribution in [0.15, 0.2) is 23.4 Å². The Bertz CT molecular complexity index is 535. The van der Waals surface area contributed by atoms with Gasteiger partial charge in [0.1, 0.15) is 11.7 Å². The fourth-order valence-corrected chi connectivity index (χ4v) is 2.02. The second-order valence-corrected chi connectivity index (χ2v) is 5.55. The molecule has 116 valence electrons. The molecule has 0 aliphatic carbocycles. The molecule has 0 atom stereocenters. The van der Waals surface area contributed by atoms with Crippen LogP contribution in [-0.4, -0.2) is 34.9 Å². The zero-order chi connectivity index (χ0) is 16.0. The zero-order valence-electron chi connectivity index (χ0n) is 12.0. The number of rotatable bonds is 6. The van der Waals surface area contributed by atoms with E-state index in [9.17, 15) is 9.18 Å². The van der Waals surface area contributed by atoms with Crippen LogP contribution in [-0.2, 0) is 0 Å². The Hall–Kier alpha value is -1.82. The maximum Gasteiger partial charge on any atom is 0.256 e. The Labute approximate surface area is 128 Å². The summed E-state index contributed by atoms with van der Waals surface area (Å²) in [5, 5.41) is 11.7. The molecule has 0 spiro atoms. The lowest BCUT2D eigenvalue weighted by molar-refractivity contribution is 0.0736. The molecule has 0 radical (unpaired) electrons. The van der Waals surface area contributed by atoms with E-state index in [1.807, 2.05) is 13.8 Å².